The van der Waals surface area contributed by atoms with Gasteiger partial charge in [0.25, 0.3) is 0 Å². The van der Waals surface area contributed by atoms with Crippen molar-refractivity contribution in [2.75, 3.05) is 26.2 Å². The van der Waals surface area contributed by atoms with Crippen LogP contribution in [0.3, 0.4) is 0 Å². The van der Waals surface area contributed by atoms with Crippen molar-refractivity contribution in [3.63, 3.8) is 0 Å². The lowest BCUT2D eigenvalue weighted by Crippen LogP contribution is -2.50. The maximum absolute atomic E-state index is 12.5. The predicted octanol–water partition coefficient (Wildman–Crippen LogP) is 1.75. The minimum atomic E-state index is 0.0708. The summed E-state index contributed by atoms with van der Waals surface area (Å²) in [5, 5.41) is 0.893. The number of hydrogen-bond donors (Lipinski definition) is 0. The summed E-state index contributed by atoms with van der Waals surface area (Å²) in [4.78, 5) is 37.2. The zero-order valence-electron chi connectivity index (χ0n) is 13.9. The fourth-order valence-electron chi connectivity index (χ4n) is 2.72. The summed E-state index contributed by atoms with van der Waals surface area (Å²) in [5.74, 6) is 0.171. The second-order valence-corrected chi connectivity index (χ2v) is 6.92. The number of nitrogens with zero attached hydrogens (tertiary/aromatic N) is 4. The first-order chi connectivity index (χ1) is 11.5. The second-order valence-electron chi connectivity index (χ2n) is 5.83. The van der Waals surface area contributed by atoms with Crippen LogP contribution >= 0.6 is 11.3 Å². The fourth-order valence-corrected chi connectivity index (χ4v) is 3.77. The number of hydrogen-bond acceptors (Lipinski definition) is 5. The van der Waals surface area contributed by atoms with Crippen LogP contribution in [0, 0.1) is 6.92 Å². The second kappa shape index (κ2) is 7.09. The molecule has 7 heteroatoms. The Balaban J connectivity index is 1.65. The molecule has 1 aliphatic rings. The van der Waals surface area contributed by atoms with Crippen LogP contribution in [0.15, 0.2) is 24.5 Å². The maximum atomic E-state index is 12.5. The Morgan fingerprint density at radius 2 is 1.92 bits per heavy atom. The number of rotatable bonds is 3. The zero-order chi connectivity index (χ0) is 17.1. The van der Waals surface area contributed by atoms with E-state index in [0.717, 1.165) is 21.1 Å². The van der Waals surface area contributed by atoms with Crippen LogP contribution < -0.4 is 0 Å². The van der Waals surface area contributed by atoms with Gasteiger partial charge in [-0.1, -0.05) is 0 Å². The highest BCUT2D eigenvalue weighted by Crippen LogP contribution is 2.28. The molecular weight excluding hydrogens is 324 g/mol. The number of carbonyl (C=O) groups excluding carboxylic acids is 2. The lowest BCUT2D eigenvalue weighted by molar-refractivity contribution is -0.137. The van der Waals surface area contributed by atoms with Crippen LogP contribution in [-0.2, 0) is 16.0 Å². The molecule has 0 spiro atoms. The number of aryl methyl sites for hydroxylation is 1. The Morgan fingerprint density at radius 3 is 2.54 bits per heavy atom. The Bertz CT molecular complexity index is 736. The van der Waals surface area contributed by atoms with Gasteiger partial charge in [0, 0.05) is 55.9 Å². The molecule has 1 saturated heterocycles. The molecule has 126 valence electrons. The van der Waals surface area contributed by atoms with Gasteiger partial charge in [0.2, 0.25) is 11.8 Å². The van der Waals surface area contributed by atoms with Crippen molar-refractivity contribution in [2.24, 2.45) is 0 Å². The molecule has 0 aliphatic carbocycles. The summed E-state index contributed by atoms with van der Waals surface area (Å²) in [6.45, 7) is 5.94. The van der Waals surface area contributed by atoms with Crippen LogP contribution in [0.25, 0.3) is 10.6 Å². The van der Waals surface area contributed by atoms with Crippen molar-refractivity contribution in [3.05, 3.63) is 35.1 Å². The molecule has 2 amide bonds. The van der Waals surface area contributed by atoms with E-state index in [2.05, 4.69) is 9.97 Å². The number of amides is 2. The zero-order valence-corrected chi connectivity index (χ0v) is 14.7. The Hall–Kier alpha value is -2.28. The molecule has 3 rings (SSSR count). The summed E-state index contributed by atoms with van der Waals surface area (Å²) in [6.07, 6.45) is 3.88. The molecule has 1 aliphatic heterocycles. The highest BCUT2D eigenvalue weighted by Gasteiger charge is 2.23. The highest BCUT2D eigenvalue weighted by atomic mass is 32.1. The SMILES string of the molecule is CC(=O)N1CCN(C(=O)Cc2sc(-c3cccnc3)nc2C)CC1. The Kier molecular flexibility index (Phi) is 4.89. The number of aromatic nitrogens is 2. The summed E-state index contributed by atoms with van der Waals surface area (Å²) in [7, 11) is 0. The largest absolute Gasteiger partial charge is 0.339 e. The molecule has 2 aromatic heterocycles. The van der Waals surface area contributed by atoms with Gasteiger partial charge in [0.15, 0.2) is 0 Å². The Labute approximate surface area is 145 Å². The maximum Gasteiger partial charge on any atom is 0.228 e. The monoisotopic (exact) mass is 344 g/mol. The van der Waals surface area contributed by atoms with Crippen molar-refractivity contribution in [1.82, 2.24) is 19.8 Å². The van der Waals surface area contributed by atoms with Gasteiger partial charge >= 0.3 is 0 Å². The third kappa shape index (κ3) is 3.62. The minimum Gasteiger partial charge on any atom is -0.339 e. The third-order valence-corrected chi connectivity index (χ3v) is 5.40. The van der Waals surface area contributed by atoms with Gasteiger partial charge in [0.05, 0.1) is 12.1 Å². The summed E-state index contributed by atoms with van der Waals surface area (Å²) in [5.41, 5.74) is 1.87. The standard InChI is InChI=1S/C17H20N4O2S/c1-12-15(24-17(19-12)14-4-3-5-18-11-14)10-16(23)21-8-6-20(7-9-21)13(2)22/h3-5,11H,6-10H2,1-2H3. The number of piperazine rings is 1. The molecule has 0 aromatic carbocycles. The lowest BCUT2D eigenvalue weighted by atomic mass is 10.2. The van der Waals surface area contributed by atoms with Crippen LogP contribution in [0.1, 0.15) is 17.5 Å². The quantitative estimate of drug-likeness (QED) is 0.851. The molecule has 0 N–H and O–H groups in total. The summed E-state index contributed by atoms with van der Waals surface area (Å²) in [6, 6.07) is 3.85. The molecule has 6 nitrogen and oxygen atoms in total. The van der Waals surface area contributed by atoms with Gasteiger partial charge in [-0.05, 0) is 19.1 Å². The number of pyridine rings is 1. The summed E-state index contributed by atoms with van der Waals surface area (Å²) >= 11 is 1.55. The first-order valence-electron chi connectivity index (χ1n) is 7.94. The molecule has 24 heavy (non-hydrogen) atoms. The molecule has 1 fully saturated rings. The van der Waals surface area contributed by atoms with Crippen LogP contribution in [-0.4, -0.2) is 57.8 Å². The predicted molar refractivity (Wildman–Crippen MR) is 92.6 cm³/mol. The van der Waals surface area contributed by atoms with E-state index in [4.69, 9.17) is 0 Å². The third-order valence-electron chi connectivity index (χ3n) is 4.19. The van der Waals surface area contributed by atoms with Gasteiger partial charge in [0.1, 0.15) is 5.01 Å². The van der Waals surface area contributed by atoms with Crippen LogP contribution in [0.2, 0.25) is 0 Å². The van der Waals surface area contributed by atoms with E-state index in [1.54, 1.807) is 35.6 Å². The lowest BCUT2D eigenvalue weighted by Gasteiger charge is -2.34. The van der Waals surface area contributed by atoms with Gasteiger partial charge in [-0.25, -0.2) is 4.98 Å². The average Bonchev–Trinajstić information content (AvgIpc) is 2.96. The first kappa shape index (κ1) is 16.6. The molecule has 0 radical (unpaired) electrons. The average molecular weight is 344 g/mol. The summed E-state index contributed by atoms with van der Waals surface area (Å²) < 4.78 is 0. The molecule has 2 aromatic rings. The van der Waals surface area contributed by atoms with Crippen molar-refractivity contribution in [3.8, 4) is 10.6 Å². The van der Waals surface area contributed by atoms with Gasteiger partial charge < -0.3 is 9.80 Å². The van der Waals surface area contributed by atoms with Crippen molar-refractivity contribution in [2.45, 2.75) is 20.3 Å². The topological polar surface area (TPSA) is 66.4 Å². The molecule has 0 saturated carbocycles. The molecule has 3 heterocycles. The highest BCUT2D eigenvalue weighted by molar-refractivity contribution is 7.15. The van der Waals surface area contributed by atoms with E-state index < -0.39 is 0 Å². The van der Waals surface area contributed by atoms with Crippen LogP contribution in [0.4, 0.5) is 0 Å². The Morgan fingerprint density at radius 1 is 1.21 bits per heavy atom. The fraction of sp³-hybridized carbons (Fsp3) is 0.412. The van der Waals surface area contributed by atoms with Crippen molar-refractivity contribution < 1.29 is 9.59 Å². The minimum absolute atomic E-state index is 0.0708. The molecular formula is C17H20N4O2S. The van der Waals surface area contributed by atoms with E-state index >= 15 is 0 Å². The number of thiazole rings is 1. The first-order valence-corrected chi connectivity index (χ1v) is 8.76. The number of carbonyl (C=O) groups is 2. The van der Waals surface area contributed by atoms with Crippen molar-refractivity contribution >= 4 is 23.2 Å². The van der Waals surface area contributed by atoms with E-state index in [9.17, 15) is 9.59 Å². The molecule has 0 unspecified atom stereocenters. The molecule has 0 atom stereocenters. The normalized spacial score (nSPS) is 14.8. The smallest absolute Gasteiger partial charge is 0.228 e. The van der Waals surface area contributed by atoms with E-state index in [-0.39, 0.29) is 11.8 Å². The van der Waals surface area contributed by atoms with E-state index in [1.807, 2.05) is 24.0 Å². The van der Waals surface area contributed by atoms with Gasteiger partial charge in [-0.2, -0.15) is 0 Å². The van der Waals surface area contributed by atoms with E-state index in [1.165, 1.54) is 0 Å². The molecule has 0 bridgehead atoms. The van der Waals surface area contributed by atoms with Crippen molar-refractivity contribution in [1.29, 1.82) is 0 Å². The van der Waals surface area contributed by atoms with Gasteiger partial charge in [-0.3, -0.25) is 14.6 Å². The van der Waals surface area contributed by atoms with Gasteiger partial charge in [-0.15, -0.1) is 11.3 Å². The van der Waals surface area contributed by atoms with Crippen LogP contribution in [0.5, 0.6) is 0 Å². The van der Waals surface area contributed by atoms with E-state index in [0.29, 0.717) is 32.6 Å².